The highest BCUT2D eigenvalue weighted by atomic mass is 16.2. The van der Waals surface area contributed by atoms with Crippen LogP contribution in [0.25, 0.3) is 0 Å². The van der Waals surface area contributed by atoms with E-state index in [4.69, 9.17) is 0 Å². The molecule has 3 rings (SSSR count). The van der Waals surface area contributed by atoms with Crippen molar-refractivity contribution in [1.82, 2.24) is 14.7 Å². The molecule has 0 N–H and O–H groups in total. The lowest BCUT2D eigenvalue weighted by Gasteiger charge is -2.41. The maximum Gasteiger partial charge on any atom is 0.222 e. The second-order valence-corrected chi connectivity index (χ2v) is 8.97. The van der Waals surface area contributed by atoms with Crippen LogP contribution in [-0.4, -0.2) is 73.0 Å². The number of hydrogen-bond donors (Lipinski definition) is 0. The minimum Gasteiger partial charge on any atom is -0.343 e. The molecule has 1 amide bonds. The number of carbonyl (C=O) groups is 1. The van der Waals surface area contributed by atoms with Gasteiger partial charge >= 0.3 is 0 Å². The topological polar surface area (TPSA) is 26.8 Å². The molecule has 1 atom stereocenters. The highest BCUT2D eigenvalue weighted by molar-refractivity contribution is 5.76. The molecular formula is C21H39N3O. The summed E-state index contributed by atoms with van der Waals surface area (Å²) in [5.74, 6) is 2.04. The Morgan fingerprint density at radius 1 is 0.920 bits per heavy atom. The van der Waals surface area contributed by atoms with Crippen molar-refractivity contribution >= 4 is 5.91 Å². The van der Waals surface area contributed by atoms with E-state index >= 15 is 0 Å². The third kappa shape index (κ3) is 5.68. The molecule has 0 radical (unpaired) electrons. The van der Waals surface area contributed by atoms with Crippen molar-refractivity contribution in [2.45, 2.75) is 70.8 Å². The Labute approximate surface area is 154 Å². The largest absolute Gasteiger partial charge is 0.343 e. The zero-order chi connectivity index (χ0) is 17.6. The average molecular weight is 350 g/mol. The number of likely N-dealkylation sites (N-methyl/N-ethyl adjacent to an activating group) is 1. The first-order chi connectivity index (χ1) is 12.1. The lowest BCUT2D eigenvalue weighted by molar-refractivity contribution is -0.133. The van der Waals surface area contributed by atoms with Gasteiger partial charge in [0.1, 0.15) is 0 Å². The second kappa shape index (κ2) is 9.36. The molecule has 2 heterocycles. The molecular weight excluding hydrogens is 310 g/mol. The smallest absolute Gasteiger partial charge is 0.222 e. The monoisotopic (exact) mass is 349 g/mol. The van der Waals surface area contributed by atoms with Crippen LogP contribution in [0.5, 0.6) is 0 Å². The Morgan fingerprint density at radius 3 is 2.32 bits per heavy atom. The van der Waals surface area contributed by atoms with Gasteiger partial charge in [-0.25, -0.2) is 0 Å². The number of hydrogen-bond acceptors (Lipinski definition) is 3. The molecule has 3 aliphatic rings. The van der Waals surface area contributed by atoms with Crippen LogP contribution in [0, 0.1) is 11.8 Å². The fourth-order valence-electron chi connectivity index (χ4n) is 5.11. The number of amides is 1. The number of carbonyl (C=O) groups excluding carboxylic acids is 1. The quantitative estimate of drug-likeness (QED) is 0.762. The van der Waals surface area contributed by atoms with E-state index in [0.29, 0.717) is 11.9 Å². The number of likely N-dealkylation sites (tertiary alicyclic amines) is 1. The van der Waals surface area contributed by atoms with E-state index in [1.54, 1.807) is 0 Å². The normalized spacial score (nSPS) is 28.4. The average Bonchev–Trinajstić information content (AvgIpc) is 2.63. The molecule has 3 fully saturated rings. The summed E-state index contributed by atoms with van der Waals surface area (Å²) >= 11 is 0. The summed E-state index contributed by atoms with van der Waals surface area (Å²) in [5.41, 5.74) is 0. The van der Waals surface area contributed by atoms with Gasteiger partial charge in [-0.2, -0.15) is 0 Å². The predicted molar refractivity (Wildman–Crippen MR) is 104 cm³/mol. The summed E-state index contributed by atoms with van der Waals surface area (Å²) in [6.07, 6.45) is 11.2. The zero-order valence-corrected chi connectivity index (χ0v) is 16.6. The van der Waals surface area contributed by atoms with Crippen molar-refractivity contribution in [3.63, 3.8) is 0 Å². The van der Waals surface area contributed by atoms with Crippen LogP contribution < -0.4 is 0 Å². The molecule has 0 aromatic heterocycles. The standard InChI is InChI=1S/C21H39N3O/c1-18-16-22(2)14-15-24(18)17-20-10-12-23(13-11-20)21(25)9-8-19-6-4-3-5-7-19/h18-20H,3-17H2,1-2H3. The van der Waals surface area contributed by atoms with Crippen molar-refractivity contribution in [2.75, 3.05) is 46.3 Å². The molecule has 2 saturated heterocycles. The Hall–Kier alpha value is -0.610. The van der Waals surface area contributed by atoms with Gasteiger partial charge in [-0.1, -0.05) is 32.1 Å². The van der Waals surface area contributed by atoms with Gasteiger partial charge in [0.15, 0.2) is 0 Å². The Morgan fingerprint density at radius 2 is 1.64 bits per heavy atom. The van der Waals surface area contributed by atoms with Crippen molar-refractivity contribution in [2.24, 2.45) is 11.8 Å². The van der Waals surface area contributed by atoms with Crippen LogP contribution in [0.15, 0.2) is 0 Å². The van der Waals surface area contributed by atoms with Crippen molar-refractivity contribution < 1.29 is 4.79 Å². The summed E-state index contributed by atoms with van der Waals surface area (Å²) in [6.45, 7) is 9.19. The molecule has 2 aliphatic heterocycles. The zero-order valence-electron chi connectivity index (χ0n) is 16.6. The lowest BCUT2D eigenvalue weighted by atomic mass is 9.86. The highest BCUT2D eigenvalue weighted by Gasteiger charge is 2.28. The first-order valence-corrected chi connectivity index (χ1v) is 10.8. The van der Waals surface area contributed by atoms with Gasteiger partial charge in [0.05, 0.1) is 0 Å². The fraction of sp³-hybridized carbons (Fsp3) is 0.952. The van der Waals surface area contributed by atoms with Crippen LogP contribution >= 0.6 is 0 Å². The Balaban J connectivity index is 1.34. The molecule has 0 bridgehead atoms. The van der Waals surface area contributed by atoms with E-state index in [9.17, 15) is 4.79 Å². The van der Waals surface area contributed by atoms with Crippen LogP contribution in [0.4, 0.5) is 0 Å². The van der Waals surface area contributed by atoms with Gasteiger partial charge in [-0.3, -0.25) is 9.69 Å². The molecule has 144 valence electrons. The molecule has 4 nitrogen and oxygen atoms in total. The van der Waals surface area contributed by atoms with Gasteiger partial charge in [-0.15, -0.1) is 0 Å². The minimum atomic E-state index is 0.428. The summed E-state index contributed by atoms with van der Waals surface area (Å²) in [4.78, 5) is 19.8. The number of piperazine rings is 1. The summed E-state index contributed by atoms with van der Waals surface area (Å²) in [5, 5.41) is 0. The molecule has 1 unspecified atom stereocenters. The maximum absolute atomic E-state index is 12.5. The van der Waals surface area contributed by atoms with Crippen LogP contribution in [-0.2, 0) is 4.79 Å². The van der Waals surface area contributed by atoms with E-state index in [1.807, 2.05) is 0 Å². The van der Waals surface area contributed by atoms with Crippen molar-refractivity contribution in [1.29, 1.82) is 0 Å². The van der Waals surface area contributed by atoms with Gasteiger partial charge in [0.2, 0.25) is 5.91 Å². The predicted octanol–water partition coefficient (Wildman–Crippen LogP) is 3.22. The first-order valence-electron chi connectivity index (χ1n) is 10.8. The van der Waals surface area contributed by atoms with Gasteiger partial charge < -0.3 is 9.80 Å². The fourth-order valence-corrected chi connectivity index (χ4v) is 5.11. The maximum atomic E-state index is 12.5. The van der Waals surface area contributed by atoms with Crippen LogP contribution in [0.3, 0.4) is 0 Å². The lowest BCUT2D eigenvalue weighted by Crippen LogP contribution is -2.52. The third-order valence-electron chi connectivity index (χ3n) is 6.92. The summed E-state index contributed by atoms with van der Waals surface area (Å²) < 4.78 is 0. The van der Waals surface area contributed by atoms with E-state index in [2.05, 4.69) is 28.7 Å². The molecule has 1 saturated carbocycles. The Kier molecular flexibility index (Phi) is 7.18. The number of nitrogens with zero attached hydrogens (tertiary/aromatic N) is 3. The van der Waals surface area contributed by atoms with Crippen LogP contribution in [0.2, 0.25) is 0 Å². The highest BCUT2D eigenvalue weighted by Crippen LogP contribution is 2.28. The first kappa shape index (κ1) is 19.2. The van der Waals surface area contributed by atoms with E-state index in [0.717, 1.165) is 37.8 Å². The molecule has 0 aromatic carbocycles. The van der Waals surface area contributed by atoms with Gasteiger partial charge in [0, 0.05) is 51.7 Å². The molecule has 25 heavy (non-hydrogen) atoms. The van der Waals surface area contributed by atoms with Crippen molar-refractivity contribution in [3.05, 3.63) is 0 Å². The number of rotatable bonds is 5. The molecule has 0 aromatic rings. The summed E-state index contributed by atoms with van der Waals surface area (Å²) in [7, 11) is 2.23. The van der Waals surface area contributed by atoms with E-state index in [1.165, 1.54) is 71.1 Å². The molecule has 0 spiro atoms. The van der Waals surface area contributed by atoms with Crippen molar-refractivity contribution in [3.8, 4) is 0 Å². The number of piperidine rings is 1. The Bertz CT molecular complexity index is 413. The SMILES string of the molecule is CC1CN(C)CCN1CC1CCN(C(=O)CCC2CCCCC2)CC1. The second-order valence-electron chi connectivity index (χ2n) is 8.97. The van der Waals surface area contributed by atoms with Crippen LogP contribution in [0.1, 0.15) is 64.7 Å². The molecule has 4 heteroatoms. The summed E-state index contributed by atoms with van der Waals surface area (Å²) in [6, 6.07) is 0.675. The molecule has 1 aliphatic carbocycles. The van der Waals surface area contributed by atoms with Gasteiger partial charge in [-0.05, 0) is 45.1 Å². The minimum absolute atomic E-state index is 0.428. The third-order valence-corrected chi connectivity index (χ3v) is 6.92. The van der Waals surface area contributed by atoms with E-state index < -0.39 is 0 Å². The van der Waals surface area contributed by atoms with E-state index in [-0.39, 0.29) is 0 Å². The van der Waals surface area contributed by atoms with Gasteiger partial charge in [0.25, 0.3) is 0 Å².